The molecule has 1 N–H and O–H groups in total. The molecule has 1 saturated heterocycles. The summed E-state index contributed by atoms with van der Waals surface area (Å²) >= 11 is 0. The zero-order valence-electron chi connectivity index (χ0n) is 15.2. The van der Waals surface area contributed by atoms with Crippen LogP contribution in [0, 0.1) is 12.7 Å². The maximum atomic E-state index is 13.7. The van der Waals surface area contributed by atoms with Gasteiger partial charge >= 0.3 is 0 Å². The number of aryl methyl sites for hydroxylation is 1. The maximum Gasteiger partial charge on any atom is 0.252 e. The molecule has 7 heteroatoms. The summed E-state index contributed by atoms with van der Waals surface area (Å²) in [4.78, 5) is 14.4. The quantitative estimate of drug-likeness (QED) is 0.605. The molecule has 4 aromatic rings. The number of likely N-dealkylation sites (tertiary alicyclic amines) is 1. The van der Waals surface area contributed by atoms with Crippen LogP contribution < -0.4 is 0 Å². The van der Waals surface area contributed by atoms with Gasteiger partial charge in [-0.3, -0.25) is 4.90 Å². The zero-order chi connectivity index (χ0) is 18.4. The third-order valence-electron chi connectivity index (χ3n) is 5.45. The van der Waals surface area contributed by atoms with Crippen LogP contribution in [0.3, 0.4) is 0 Å². The van der Waals surface area contributed by atoms with Gasteiger partial charge in [0, 0.05) is 41.8 Å². The van der Waals surface area contributed by atoms with E-state index in [1.807, 2.05) is 17.6 Å². The van der Waals surface area contributed by atoms with Crippen molar-refractivity contribution in [3.8, 4) is 0 Å². The van der Waals surface area contributed by atoms with Gasteiger partial charge in [-0.25, -0.2) is 13.9 Å². The Bertz CT molecular complexity index is 1110. The fourth-order valence-corrected chi connectivity index (χ4v) is 4.21. The van der Waals surface area contributed by atoms with E-state index in [-0.39, 0.29) is 5.82 Å². The van der Waals surface area contributed by atoms with E-state index < -0.39 is 0 Å². The van der Waals surface area contributed by atoms with Crippen molar-refractivity contribution in [1.29, 1.82) is 0 Å². The number of aromatic nitrogens is 5. The number of halogens is 1. The van der Waals surface area contributed by atoms with E-state index in [0.717, 1.165) is 54.6 Å². The van der Waals surface area contributed by atoms with Crippen LogP contribution in [0.4, 0.5) is 4.39 Å². The van der Waals surface area contributed by atoms with E-state index in [1.54, 1.807) is 18.5 Å². The fraction of sp³-hybridized carbons (Fsp3) is 0.350. The van der Waals surface area contributed by atoms with Crippen molar-refractivity contribution >= 4 is 16.7 Å². The largest absolute Gasteiger partial charge is 0.361 e. The number of aromatic amines is 1. The van der Waals surface area contributed by atoms with Gasteiger partial charge in [-0.15, -0.1) is 0 Å². The number of H-pyrrole nitrogens is 1. The minimum Gasteiger partial charge on any atom is -0.361 e. The second-order valence-electron chi connectivity index (χ2n) is 7.37. The van der Waals surface area contributed by atoms with E-state index in [0.29, 0.717) is 11.7 Å². The summed E-state index contributed by atoms with van der Waals surface area (Å²) in [7, 11) is 0. The van der Waals surface area contributed by atoms with Gasteiger partial charge in [-0.1, -0.05) is 0 Å². The molecule has 1 aromatic carbocycles. The minimum atomic E-state index is -0.194. The second kappa shape index (κ2) is 6.42. The molecule has 0 aliphatic carbocycles. The van der Waals surface area contributed by atoms with Crippen LogP contribution in [0.5, 0.6) is 0 Å². The van der Waals surface area contributed by atoms with Gasteiger partial charge in [0.05, 0.1) is 5.69 Å². The molecule has 0 amide bonds. The first kappa shape index (κ1) is 16.4. The summed E-state index contributed by atoms with van der Waals surface area (Å²) < 4.78 is 15.5. The topological polar surface area (TPSA) is 62.1 Å². The Hall–Kier alpha value is -2.80. The lowest BCUT2D eigenvalue weighted by Crippen LogP contribution is -2.34. The summed E-state index contributed by atoms with van der Waals surface area (Å²) in [5, 5.41) is 5.33. The van der Waals surface area contributed by atoms with Crippen LogP contribution >= 0.6 is 0 Å². The summed E-state index contributed by atoms with van der Waals surface area (Å²) in [5.74, 6) is 0.849. The summed E-state index contributed by atoms with van der Waals surface area (Å²) in [6.45, 7) is 4.80. The van der Waals surface area contributed by atoms with Crippen molar-refractivity contribution in [1.82, 2.24) is 29.5 Å². The lowest BCUT2D eigenvalue weighted by Gasteiger charge is -2.32. The molecule has 0 spiro atoms. The number of rotatable bonds is 3. The molecule has 138 valence electrons. The van der Waals surface area contributed by atoms with Gasteiger partial charge in [0.15, 0.2) is 0 Å². The Balaban J connectivity index is 1.42. The fourth-order valence-electron chi connectivity index (χ4n) is 4.21. The Morgan fingerprint density at radius 3 is 3.15 bits per heavy atom. The van der Waals surface area contributed by atoms with Gasteiger partial charge < -0.3 is 4.98 Å². The third kappa shape index (κ3) is 2.98. The van der Waals surface area contributed by atoms with Crippen molar-refractivity contribution in [2.45, 2.75) is 32.2 Å². The lowest BCUT2D eigenvalue weighted by molar-refractivity contribution is 0.198. The van der Waals surface area contributed by atoms with E-state index in [1.165, 1.54) is 11.8 Å². The molecule has 0 saturated carbocycles. The Labute approximate surface area is 156 Å². The first-order valence-corrected chi connectivity index (χ1v) is 9.32. The van der Waals surface area contributed by atoms with E-state index in [9.17, 15) is 4.39 Å². The molecular formula is C20H21FN6. The first-order chi connectivity index (χ1) is 13.2. The number of hydrogen-bond acceptors (Lipinski definition) is 4. The van der Waals surface area contributed by atoms with Gasteiger partial charge in [-0.05, 0) is 56.1 Å². The maximum absolute atomic E-state index is 13.7. The predicted octanol–water partition coefficient (Wildman–Crippen LogP) is 3.43. The normalized spacial score (nSPS) is 18.5. The predicted molar refractivity (Wildman–Crippen MR) is 101 cm³/mol. The smallest absolute Gasteiger partial charge is 0.252 e. The van der Waals surface area contributed by atoms with E-state index in [4.69, 9.17) is 0 Å². The molecule has 6 nitrogen and oxygen atoms in total. The molecule has 4 heterocycles. The minimum absolute atomic E-state index is 0.194. The van der Waals surface area contributed by atoms with Gasteiger partial charge in [0.25, 0.3) is 5.78 Å². The SMILES string of the molecule is Cc1cc(C2CCCN(Cc3c[nH]c4ccc(F)cc34)C2)n2ncnc2n1. The van der Waals surface area contributed by atoms with Crippen molar-refractivity contribution < 1.29 is 4.39 Å². The van der Waals surface area contributed by atoms with Crippen LogP contribution in [0.1, 0.15) is 35.7 Å². The summed E-state index contributed by atoms with van der Waals surface area (Å²) in [6, 6.07) is 7.04. The zero-order valence-corrected chi connectivity index (χ0v) is 15.2. The second-order valence-corrected chi connectivity index (χ2v) is 7.37. The molecule has 0 radical (unpaired) electrons. The van der Waals surface area contributed by atoms with E-state index >= 15 is 0 Å². The van der Waals surface area contributed by atoms with E-state index in [2.05, 4.69) is 31.0 Å². The molecule has 1 atom stereocenters. The highest BCUT2D eigenvalue weighted by Crippen LogP contribution is 2.29. The standard InChI is InChI=1S/C20H21FN6/c1-13-7-19(27-20(25-13)23-12-24-27)14-3-2-6-26(10-14)11-15-9-22-18-5-4-16(21)8-17(15)18/h4-5,7-9,12,14,22H,2-3,6,10-11H2,1H3. The molecule has 1 aliphatic rings. The number of piperidine rings is 1. The van der Waals surface area contributed by atoms with Crippen molar-refractivity contribution in [3.05, 3.63) is 59.6 Å². The molecule has 1 aliphatic heterocycles. The average Bonchev–Trinajstić information content (AvgIpc) is 3.28. The molecule has 3 aromatic heterocycles. The highest BCUT2D eigenvalue weighted by atomic mass is 19.1. The van der Waals surface area contributed by atoms with Gasteiger partial charge in [0.2, 0.25) is 0 Å². The Morgan fingerprint density at radius 2 is 2.22 bits per heavy atom. The van der Waals surface area contributed by atoms with Crippen LogP contribution in [0.15, 0.2) is 36.8 Å². The number of fused-ring (bicyclic) bond motifs is 2. The highest BCUT2D eigenvalue weighted by Gasteiger charge is 2.25. The summed E-state index contributed by atoms with van der Waals surface area (Å²) in [5.41, 5.74) is 4.26. The van der Waals surface area contributed by atoms with Crippen molar-refractivity contribution in [3.63, 3.8) is 0 Å². The highest BCUT2D eigenvalue weighted by molar-refractivity contribution is 5.83. The molecular weight excluding hydrogens is 343 g/mol. The molecule has 1 fully saturated rings. The molecule has 0 bridgehead atoms. The first-order valence-electron chi connectivity index (χ1n) is 9.32. The summed E-state index contributed by atoms with van der Waals surface area (Å²) in [6.07, 6.45) is 5.81. The number of hydrogen-bond donors (Lipinski definition) is 1. The Morgan fingerprint density at radius 1 is 1.30 bits per heavy atom. The number of benzene rings is 1. The number of nitrogens with zero attached hydrogens (tertiary/aromatic N) is 5. The lowest BCUT2D eigenvalue weighted by atomic mass is 9.93. The van der Waals surface area contributed by atoms with Gasteiger partial charge in [-0.2, -0.15) is 10.1 Å². The van der Waals surface area contributed by atoms with Gasteiger partial charge in [0.1, 0.15) is 12.1 Å². The molecule has 1 unspecified atom stereocenters. The average molecular weight is 364 g/mol. The van der Waals surface area contributed by atoms with Crippen LogP contribution in [0.25, 0.3) is 16.7 Å². The molecule has 5 rings (SSSR count). The van der Waals surface area contributed by atoms with Crippen LogP contribution in [0.2, 0.25) is 0 Å². The van der Waals surface area contributed by atoms with Crippen LogP contribution in [-0.4, -0.2) is 42.6 Å². The van der Waals surface area contributed by atoms with Crippen LogP contribution in [-0.2, 0) is 6.54 Å². The monoisotopic (exact) mass is 364 g/mol. The van der Waals surface area contributed by atoms with Crippen molar-refractivity contribution in [2.75, 3.05) is 13.1 Å². The van der Waals surface area contributed by atoms with Crippen molar-refractivity contribution in [2.24, 2.45) is 0 Å². The molecule has 27 heavy (non-hydrogen) atoms. The Kier molecular flexibility index (Phi) is 3.89. The third-order valence-corrected chi connectivity index (χ3v) is 5.45. The number of nitrogens with one attached hydrogen (secondary N) is 1.